The Morgan fingerprint density at radius 1 is 0.642 bits per heavy atom. The number of hydrogen-bond donors (Lipinski definition) is 9. The second-order valence-electron chi connectivity index (χ2n) is 23.5. The van der Waals surface area contributed by atoms with Crippen LogP contribution in [0.5, 0.6) is 0 Å². The molecular weight excluding hydrogens is 881 g/mol. The predicted molar refractivity (Wildman–Crippen MR) is 226 cm³/mol. The van der Waals surface area contributed by atoms with Crippen molar-refractivity contribution in [2.75, 3.05) is 13.2 Å². The largest absolute Gasteiger partial charge is 0.550 e. The highest BCUT2D eigenvalue weighted by molar-refractivity contribution is 5.74. The molecule has 3 saturated heterocycles. The molecule has 0 radical (unpaired) electrons. The third kappa shape index (κ3) is 8.06. The Morgan fingerprint density at radius 2 is 1.19 bits per heavy atom. The first kappa shape index (κ1) is 51.4. The molecule has 5 aliphatic carbocycles. The lowest BCUT2D eigenvalue weighted by Crippen LogP contribution is -2.69. The molecule has 23 atom stereocenters. The molecule has 8 rings (SSSR count). The lowest BCUT2D eigenvalue weighted by molar-refractivity contribution is -0.401. The number of ether oxygens (including phenoxy) is 6. The van der Waals surface area contributed by atoms with Gasteiger partial charge in [0.2, 0.25) is 0 Å². The lowest BCUT2D eigenvalue weighted by Gasteiger charge is -2.71. The summed E-state index contributed by atoms with van der Waals surface area (Å²) in [5.41, 5.74) is -0.783. The molecule has 0 unspecified atom stereocenters. The van der Waals surface area contributed by atoms with Crippen LogP contribution >= 0.6 is 0 Å². The predicted octanol–water partition coefficient (Wildman–Crippen LogP) is -1.87. The van der Waals surface area contributed by atoms with E-state index in [0.717, 1.165) is 38.5 Å². The van der Waals surface area contributed by atoms with Crippen LogP contribution in [0, 0.1) is 50.2 Å². The topological polar surface area (TPSA) is 318 Å². The first-order chi connectivity index (χ1) is 31.2. The van der Waals surface area contributed by atoms with Crippen LogP contribution < -0.4 is 10.2 Å². The highest BCUT2D eigenvalue weighted by atomic mass is 16.8. The van der Waals surface area contributed by atoms with E-state index in [9.17, 15) is 65.8 Å². The molecule has 19 heteroatoms. The van der Waals surface area contributed by atoms with Gasteiger partial charge in [-0.3, -0.25) is 0 Å². The Hall–Kier alpha value is -1.92. The normalized spacial score (nSPS) is 52.7. The van der Waals surface area contributed by atoms with Crippen molar-refractivity contribution in [1.82, 2.24) is 0 Å². The van der Waals surface area contributed by atoms with E-state index in [-0.39, 0.29) is 39.4 Å². The quantitative estimate of drug-likeness (QED) is 0.0856. The third-order valence-electron chi connectivity index (χ3n) is 19.3. The number of aliphatic hydroxyl groups excluding tert-OH is 9. The van der Waals surface area contributed by atoms with Gasteiger partial charge in [0, 0.05) is 11.4 Å². The Labute approximate surface area is 391 Å². The second-order valence-corrected chi connectivity index (χ2v) is 23.5. The Balaban J connectivity index is 1.07. The van der Waals surface area contributed by atoms with Crippen molar-refractivity contribution < 1.29 is 94.2 Å². The van der Waals surface area contributed by atoms with E-state index in [1.54, 1.807) is 0 Å². The smallest absolute Gasteiger partial charge is 0.187 e. The van der Waals surface area contributed by atoms with Gasteiger partial charge >= 0.3 is 0 Å². The molecule has 0 aromatic carbocycles. The number of carbonyl (C=O) groups excluding carboxylic acids is 2. The number of allylic oxidation sites excluding steroid dienone is 2. The van der Waals surface area contributed by atoms with Gasteiger partial charge in [-0.05, 0) is 109 Å². The fourth-order valence-electron chi connectivity index (χ4n) is 15.1. The van der Waals surface area contributed by atoms with Crippen LogP contribution in [0.1, 0.15) is 113 Å². The maximum absolute atomic E-state index is 13.0. The molecule has 4 saturated carbocycles. The van der Waals surface area contributed by atoms with E-state index in [1.165, 1.54) is 5.57 Å². The zero-order chi connectivity index (χ0) is 49.1. The number of aliphatic hydroxyl groups is 9. The highest BCUT2D eigenvalue weighted by Crippen LogP contribution is 2.76. The van der Waals surface area contributed by atoms with Gasteiger partial charge in [0.1, 0.15) is 73.2 Å². The molecule has 0 amide bonds. The molecule has 19 nitrogen and oxygen atoms in total. The molecular formula is C48H74O19-2. The number of carboxylic acids is 2. The van der Waals surface area contributed by atoms with Crippen LogP contribution in [-0.4, -0.2) is 169 Å². The molecule has 0 spiro atoms. The summed E-state index contributed by atoms with van der Waals surface area (Å²) < 4.78 is 35.6. The van der Waals surface area contributed by atoms with Gasteiger partial charge in [-0.15, -0.1) is 0 Å². The molecule has 0 bridgehead atoms. The summed E-state index contributed by atoms with van der Waals surface area (Å²) in [6, 6.07) is 0. The zero-order valence-corrected chi connectivity index (χ0v) is 39.6. The van der Waals surface area contributed by atoms with E-state index < -0.39 is 134 Å². The number of rotatable bonds is 10. The van der Waals surface area contributed by atoms with Crippen molar-refractivity contribution in [1.29, 1.82) is 0 Å². The van der Waals surface area contributed by atoms with Gasteiger partial charge in [0.25, 0.3) is 0 Å². The van der Waals surface area contributed by atoms with Crippen molar-refractivity contribution in [3.05, 3.63) is 11.6 Å². The van der Waals surface area contributed by atoms with Gasteiger partial charge in [-0.1, -0.05) is 60.1 Å². The van der Waals surface area contributed by atoms with Crippen LogP contribution in [0.3, 0.4) is 0 Å². The molecule has 67 heavy (non-hydrogen) atoms. The third-order valence-corrected chi connectivity index (χ3v) is 19.3. The summed E-state index contributed by atoms with van der Waals surface area (Å²) in [7, 11) is 0. The lowest BCUT2D eigenvalue weighted by atomic mass is 9.33. The van der Waals surface area contributed by atoms with Gasteiger partial charge in [0.05, 0.1) is 25.3 Å². The monoisotopic (exact) mass is 954 g/mol. The second kappa shape index (κ2) is 18.0. The Bertz CT molecular complexity index is 1870. The van der Waals surface area contributed by atoms with Crippen LogP contribution in [0.25, 0.3) is 0 Å². The fourth-order valence-corrected chi connectivity index (χ4v) is 15.1. The molecule has 3 aliphatic heterocycles. The molecule has 0 aromatic heterocycles. The average molecular weight is 955 g/mol. The summed E-state index contributed by atoms with van der Waals surface area (Å²) in [5.74, 6) is -2.62. The molecule has 8 aliphatic rings. The minimum Gasteiger partial charge on any atom is -0.550 e. The van der Waals surface area contributed by atoms with Crippen molar-refractivity contribution >= 4 is 11.9 Å². The van der Waals surface area contributed by atoms with Crippen molar-refractivity contribution in [3.63, 3.8) is 0 Å². The van der Waals surface area contributed by atoms with Gasteiger partial charge < -0.3 is 94.2 Å². The number of carbonyl (C=O) groups is 2. The summed E-state index contributed by atoms with van der Waals surface area (Å²) >= 11 is 0. The van der Waals surface area contributed by atoms with Gasteiger partial charge in [-0.2, -0.15) is 0 Å². The minimum atomic E-state index is -2.17. The van der Waals surface area contributed by atoms with Crippen LogP contribution in [-0.2, 0) is 38.0 Å². The highest BCUT2D eigenvalue weighted by Gasteiger charge is 2.69. The van der Waals surface area contributed by atoms with Gasteiger partial charge in [-0.25, -0.2) is 0 Å². The van der Waals surface area contributed by atoms with E-state index in [2.05, 4.69) is 54.5 Å². The molecule has 3 heterocycles. The average Bonchev–Trinajstić information content (AvgIpc) is 3.26. The van der Waals surface area contributed by atoms with Crippen molar-refractivity contribution in [3.8, 4) is 0 Å². The van der Waals surface area contributed by atoms with Crippen molar-refractivity contribution in [2.24, 2.45) is 50.2 Å². The van der Waals surface area contributed by atoms with E-state index in [4.69, 9.17) is 28.4 Å². The molecule has 7 fully saturated rings. The fraction of sp³-hybridized carbons (Fsp3) is 0.917. The number of fused-ring (bicyclic) bond motifs is 7. The summed E-state index contributed by atoms with van der Waals surface area (Å²) in [5, 5.41) is 122. The van der Waals surface area contributed by atoms with Gasteiger partial charge in [0.15, 0.2) is 18.9 Å². The van der Waals surface area contributed by atoms with E-state index in [1.807, 2.05) is 0 Å². The maximum atomic E-state index is 13.0. The molecule has 9 N–H and O–H groups in total. The zero-order valence-electron chi connectivity index (χ0n) is 39.6. The number of carboxylic acid groups (broad SMARTS) is 2. The first-order valence-electron chi connectivity index (χ1n) is 24.3. The summed E-state index contributed by atoms with van der Waals surface area (Å²) in [4.78, 5) is 26.0. The summed E-state index contributed by atoms with van der Waals surface area (Å²) in [6.45, 7) is 14.1. The van der Waals surface area contributed by atoms with E-state index >= 15 is 0 Å². The Morgan fingerprint density at radius 3 is 1.75 bits per heavy atom. The number of aliphatic carboxylic acids is 2. The maximum Gasteiger partial charge on any atom is 0.187 e. The molecule has 382 valence electrons. The minimum absolute atomic E-state index is 0.00739. The van der Waals surface area contributed by atoms with Crippen molar-refractivity contribution in [2.45, 2.75) is 211 Å². The first-order valence-corrected chi connectivity index (χ1v) is 24.3. The number of hydrogen-bond acceptors (Lipinski definition) is 19. The van der Waals surface area contributed by atoms with E-state index in [0.29, 0.717) is 25.7 Å². The van der Waals surface area contributed by atoms with Crippen LogP contribution in [0.2, 0.25) is 0 Å². The summed E-state index contributed by atoms with van der Waals surface area (Å²) in [6.07, 6.45) is -19.2. The molecule has 0 aromatic rings. The standard InChI is InChI=1S/C48H76O19/c1-43(2)14-16-48(42(60)61)17-15-46(6)21(22(48)18-43)8-9-26-45(5)12-11-27(44(3,4)25(45)10-13-47(26,46)7)64-41-34(57)35(65-39-32(55)30(53)28(51)23(19-49)62-39)36(37(67-41)38(58)59)66-40-33(56)31(54)29(52)24(20-50)63-40/h8,22-37,39-41,49-57H,9-20H2,1-7H3,(H,58,59)(H,60,61)/p-2/t22-,23+,24+,25-,26+,27-,28-,29+,30-,31-,32+,33+,34+,35+,36-,37-,39-,40-,41+,45-,46+,47+,48-/m0/s1. The van der Waals surface area contributed by atoms with Crippen LogP contribution in [0.4, 0.5) is 0 Å². The van der Waals surface area contributed by atoms with Crippen LogP contribution in [0.15, 0.2) is 11.6 Å². The SMILES string of the molecule is CC1(C)CC[C@]2(C(=O)[O-])CC[C@]3(C)C(=CC[C@@H]4[C@@]5(C)CC[C@H](O[C@@H]6O[C@H](C(=O)[O-])[C@@H](O[C@@H]7O[C@H](CO)[C@@H](O)[C@H](O)[C@H]7O)[C@H](O[C@@H]7O[C@H](CO)[C@H](O)[C@H](O)[C@H]7O)[C@H]6O)C(C)(C)[C@@H]5CC[C@]43C)[C@@H]2C1. The Kier molecular flexibility index (Phi) is 13.8.